The molecule has 0 heterocycles. The van der Waals surface area contributed by atoms with Gasteiger partial charge in [0, 0.05) is 19.5 Å². The maximum Gasteiger partial charge on any atom is 0.226 e. The van der Waals surface area contributed by atoms with E-state index in [0.29, 0.717) is 6.42 Å². The number of amides is 1. The summed E-state index contributed by atoms with van der Waals surface area (Å²) < 4.78 is 12.7. The van der Waals surface area contributed by atoms with Crippen LogP contribution in [0.25, 0.3) is 0 Å². The highest BCUT2D eigenvalue weighted by Gasteiger charge is 2.09. The summed E-state index contributed by atoms with van der Waals surface area (Å²) in [4.78, 5) is 13.7. The smallest absolute Gasteiger partial charge is 0.226 e. The standard InChI is InChI=1S/C15H24FNO.C2H6/c1-6-14(11-13(5)16)9-12(4)10-15(18)17(7-2)8-3;1-2/h9,11H,5-8,10H2,1-4H3;1-2H3/b12-9+,14-11-;. The molecule has 0 radical (unpaired) electrons. The highest BCUT2D eigenvalue weighted by molar-refractivity contribution is 5.78. The first-order valence-electron chi connectivity index (χ1n) is 7.44. The Morgan fingerprint density at radius 2 is 1.65 bits per heavy atom. The van der Waals surface area contributed by atoms with E-state index in [0.717, 1.165) is 30.7 Å². The van der Waals surface area contributed by atoms with E-state index in [9.17, 15) is 9.18 Å². The first kappa shape index (κ1) is 20.9. The lowest BCUT2D eigenvalue weighted by Gasteiger charge is -2.18. The van der Waals surface area contributed by atoms with E-state index < -0.39 is 5.83 Å². The predicted octanol–water partition coefficient (Wildman–Crippen LogP) is 5.04. The van der Waals surface area contributed by atoms with Crippen molar-refractivity contribution in [3.05, 3.63) is 35.7 Å². The summed E-state index contributed by atoms with van der Waals surface area (Å²) in [5.74, 6) is -0.339. The van der Waals surface area contributed by atoms with Gasteiger partial charge in [-0.05, 0) is 38.8 Å². The summed E-state index contributed by atoms with van der Waals surface area (Å²) in [6, 6.07) is 0. The van der Waals surface area contributed by atoms with Crippen molar-refractivity contribution in [2.24, 2.45) is 0 Å². The number of carbonyl (C=O) groups is 1. The second-order valence-corrected chi connectivity index (χ2v) is 4.25. The summed E-state index contributed by atoms with van der Waals surface area (Å²) in [7, 11) is 0. The second kappa shape index (κ2) is 12.6. The van der Waals surface area contributed by atoms with Crippen LogP contribution in [-0.2, 0) is 4.79 Å². The number of rotatable bonds is 7. The zero-order valence-corrected chi connectivity index (χ0v) is 13.9. The minimum atomic E-state index is -0.453. The lowest BCUT2D eigenvalue weighted by molar-refractivity contribution is -0.130. The molecule has 2 nitrogen and oxygen atoms in total. The van der Waals surface area contributed by atoms with E-state index in [2.05, 4.69) is 6.58 Å². The van der Waals surface area contributed by atoms with Gasteiger partial charge in [0.25, 0.3) is 0 Å². The predicted molar refractivity (Wildman–Crippen MR) is 86.3 cm³/mol. The van der Waals surface area contributed by atoms with E-state index >= 15 is 0 Å². The molecule has 0 spiro atoms. The molecule has 0 unspecified atom stereocenters. The zero-order chi connectivity index (χ0) is 16.1. The van der Waals surface area contributed by atoms with Crippen molar-refractivity contribution in [1.29, 1.82) is 0 Å². The van der Waals surface area contributed by atoms with E-state index in [4.69, 9.17) is 0 Å². The number of hydrogen-bond acceptors (Lipinski definition) is 1. The van der Waals surface area contributed by atoms with E-state index in [1.807, 2.05) is 47.6 Å². The van der Waals surface area contributed by atoms with Gasteiger partial charge in [-0.25, -0.2) is 4.39 Å². The Kier molecular flexibility index (Phi) is 13.2. The molecule has 0 aromatic rings. The SMILES string of the molecule is C=C(F)/C=C(\C=C(/C)CC(=O)N(CC)CC)CC.CC. The molecule has 0 atom stereocenters. The molecule has 0 saturated carbocycles. The van der Waals surface area contributed by atoms with Crippen molar-refractivity contribution < 1.29 is 9.18 Å². The molecule has 20 heavy (non-hydrogen) atoms. The Hall–Kier alpha value is -1.38. The summed E-state index contributed by atoms with van der Waals surface area (Å²) in [6.45, 7) is 16.4. The fourth-order valence-electron chi connectivity index (χ4n) is 1.74. The van der Waals surface area contributed by atoms with Crippen molar-refractivity contribution in [1.82, 2.24) is 4.90 Å². The Morgan fingerprint density at radius 3 is 2.00 bits per heavy atom. The van der Waals surface area contributed by atoms with Crippen LogP contribution in [0.15, 0.2) is 35.7 Å². The van der Waals surface area contributed by atoms with Crippen LogP contribution in [0.4, 0.5) is 4.39 Å². The molecule has 0 aliphatic rings. The van der Waals surface area contributed by atoms with Gasteiger partial charge in [0.1, 0.15) is 5.83 Å². The highest BCUT2D eigenvalue weighted by atomic mass is 19.1. The largest absolute Gasteiger partial charge is 0.343 e. The monoisotopic (exact) mass is 283 g/mol. The first-order valence-corrected chi connectivity index (χ1v) is 7.44. The van der Waals surface area contributed by atoms with Crippen LogP contribution in [0, 0.1) is 0 Å². The molecule has 3 heteroatoms. The van der Waals surface area contributed by atoms with Crippen LogP contribution in [0.3, 0.4) is 0 Å². The molecular weight excluding hydrogens is 253 g/mol. The van der Waals surface area contributed by atoms with Gasteiger partial charge in [0.15, 0.2) is 0 Å². The molecule has 0 bridgehead atoms. The van der Waals surface area contributed by atoms with Crippen LogP contribution >= 0.6 is 0 Å². The maximum atomic E-state index is 12.7. The van der Waals surface area contributed by atoms with Crippen LogP contribution in [0.5, 0.6) is 0 Å². The Bertz CT molecular complexity index is 352. The summed E-state index contributed by atoms with van der Waals surface area (Å²) in [5.41, 5.74) is 1.80. The molecule has 0 fully saturated rings. The number of halogens is 1. The van der Waals surface area contributed by atoms with E-state index in [-0.39, 0.29) is 5.91 Å². The van der Waals surface area contributed by atoms with E-state index in [1.165, 1.54) is 6.08 Å². The number of allylic oxidation sites excluding steroid dienone is 4. The fraction of sp³-hybridized carbons (Fsp3) is 0.588. The van der Waals surface area contributed by atoms with Crippen molar-refractivity contribution in [2.75, 3.05) is 13.1 Å². The number of hydrogen-bond donors (Lipinski definition) is 0. The average Bonchev–Trinajstić information content (AvgIpc) is 2.40. The molecule has 1 amide bonds. The Balaban J connectivity index is 0. The van der Waals surface area contributed by atoms with Crippen LogP contribution in [0.2, 0.25) is 0 Å². The minimum Gasteiger partial charge on any atom is -0.343 e. The quantitative estimate of drug-likeness (QED) is 0.600. The van der Waals surface area contributed by atoms with Crippen LogP contribution in [-0.4, -0.2) is 23.9 Å². The third-order valence-electron chi connectivity index (χ3n) is 2.73. The maximum absolute atomic E-state index is 12.7. The van der Waals surface area contributed by atoms with E-state index in [1.54, 1.807) is 4.90 Å². The van der Waals surface area contributed by atoms with Gasteiger partial charge in [-0.2, -0.15) is 0 Å². The van der Waals surface area contributed by atoms with Gasteiger partial charge in [0.2, 0.25) is 5.91 Å². The van der Waals surface area contributed by atoms with Gasteiger partial charge in [-0.1, -0.05) is 39.0 Å². The lowest BCUT2D eigenvalue weighted by atomic mass is 10.1. The van der Waals surface area contributed by atoms with Gasteiger partial charge >= 0.3 is 0 Å². The van der Waals surface area contributed by atoms with Crippen molar-refractivity contribution >= 4 is 5.91 Å². The third-order valence-corrected chi connectivity index (χ3v) is 2.73. The number of nitrogens with zero attached hydrogens (tertiary/aromatic N) is 1. The normalized spacial score (nSPS) is 11.6. The third kappa shape index (κ3) is 9.54. The minimum absolute atomic E-state index is 0.114. The molecule has 116 valence electrons. The molecule has 0 N–H and O–H groups in total. The molecule has 0 aromatic heterocycles. The van der Waals surface area contributed by atoms with Crippen LogP contribution in [0.1, 0.15) is 54.4 Å². The molecular formula is C17H30FNO. The zero-order valence-electron chi connectivity index (χ0n) is 13.9. The number of carbonyl (C=O) groups excluding carboxylic acids is 1. The van der Waals surface area contributed by atoms with Crippen molar-refractivity contribution in [2.45, 2.75) is 54.4 Å². The Morgan fingerprint density at radius 1 is 1.15 bits per heavy atom. The second-order valence-electron chi connectivity index (χ2n) is 4.25. The van der Waals surface area contributed by atoms with Gasteiger partial charge in [-0.15, -0.1) is 0 Å². The van der Waals surface area contributed by atoms with Gasteiger partial charge in [-0.3, -0.25) is 4.79 Å². The van der Waals surface area contributed by atoms with Crippen LogP contribution < -0.4 is 0 Å². The molecule has 0 aliphatic heterocycles. The Labute approximate surface area is 124 Å². The summed E-state index contributed by atoms with van der Waals surface area (Å²) in [5, 5.41) is 0. The fourth-order valence-corrected chi connectivity index (χ4v) is 1.74. The summed E-state index contributed by atoms with van der Waals surface area (Å²) in [6.07, 6.45) is 4.38. The average molecular weight is 283 g/mol. The molecule has 0 saturated heterocycles. The topological polar surface area (TPSA) is 20.3 Å². The molecule has 0 aliphatic carbocycles. The first-order chi connectivity index (χ1) is 9.44. The lowest BCUT2D eigenvalue weighted by Crippen LogP contribution is -2.30. The molecule has 0 aromatic carbocycles. The molecule has 0 rings (SSSR count). The van der Waals surface area contributed by atoms with Gasteiger partial charge < -0.3 is 4.90 Å². The summed E-state index contributed by atoms with van der Waals surface area (Å²) >= 11 is 0. The van der Waals surface area contributed by atoms with Crippen molar-refractivity contribution in [3.63, 3.8) is 0 Å². The van der Waals surface area contributed by atoms with Crippen molar-refractivity contribution in [3.8, 4) is 0 Å². The van der Waals surface area contributed by atoms with Gasteiger partial charge in [0.05, 0.1) is 0 Å². The highest BCUT2D eigenvalue weighted by Crippen LogP contribution is 2.13.